The predicted octanol–water partition coefficient (Wildman–Crippen LogP) is 4.43. The van der Waals surface area contributed by atoms with Crippen LogP contribution in [0.4, 0.5) is 5.82 Å². The summed E-state index contributed by atoms with van der Waals surface area (Å²) in [6.07, 6.45) is 5.71. The Hall–Kier alpha value is -1.27. The Kier molecular flexibility index (Phi) is 9.48. The van der Waals surface area contributed by atoms with Gasteiger partial charge in [0.05, 0.1) is 25.5 Å². The third-order valence-electron chi connectivity index (χ3n) is 6.15. The Labute approximate surface area is 195 Å². The molecule has 0 N–H and O–H groups in total. The monoisotopic (exact) mass is 481 g/mol. The second-order valence-corrected chi connectivity index (χ2v) is 21.6. The minimum Gasteiger partial charge on any atom is -0.413 e. The van der Waals surface area contributed by atoms with Gasteiger partial charge < -0.3 is 18.8 Å². The van der Waals surface area contributed by atoms with Gasteiger partial charge in [-0.3, -0.25) is 9.36 Å². The third kappa shape index (κ3) is 8.26. The van der Waals surface area contributed by atoms with Gasteiger partial charge >= 0.3 is 0 Å². The zero-order chi connectivity index (χ0) is 24.0. The third-order valence-corrected chi connectivity index (χ3v) is 12.4. The first-order chi connectivity index (χ1) is 14.8. The highest BCUT2D eigenvalue weighted by Gasteiger charge is 2.36. The summed E-state index contributed by atoms with van der Waals surface area (Å²) in [4.78, 5) is 19.8. The Morgan fingerprint density at radius 1 is 1.16 bits per heavy atom. The van der Waals surface area contributed by atoms with Crippen LogP contribution in [0.1, 0.15) is 26.5 Å². The van der Waals surface area contributed by atoms with Crippen LogP contribution in [0.15, 0.2) is 17.1 Å². The Morgan fingerprint density at radius 2 is 1.81 bits per heavy atom. The van der Waals surface area contributed by atoms with E-state index in [0.29, 0.717) is 45.3 Å². The predicted molar refractivity (Wildman–Crippen MR) is 138 cm³/mol. The van der Waals surface area contributed by atoms with Gasteiger partial charge in [0.15, 0.2) is 14.1 Å². The molecule has 0 saturated carbocycles. The van der Waals surface area contributed by atoms with Crippen molar-refractivity contribution >= 4 is 28.3 Å². The molecule has 1 aromatic rings. The highest BCUT2D eigenvalue weighted by atomic mass is 28.4. The Morgan fingerprint density at radius 3 is 2.41 bits per heavy atom. The van der Waals surface area contributed by atoms with E-state index in [1.165, 1.54) is 0 Å². The molecule has 0 amide bonds. The van der Waals surface area contributed by atoms with E-state index in [4.69, 9.17) is 13.9 Å². The van der Waals surface area contributed by atoms with Crippen LogP contribution in [0.5, 0.6) is 0 Å². The largest absolute Gasteiger partial charge is 0.413 e. The molecule has 0 radical (unpaired) electrons. The summed E-state index contributed by atoms with van der Waals surface area (Å²) in [5.41, 5.74) is 0.619. The van der Waals surface area contributed by atoms with Crippen molar-refractivity contribution in [2.75, 3.05) is 44.4 Å². The number of anilines is 1. The van der Waals surface area contributed by atoms with Gasteiger partial charge in [-0.15, -0.1) is 0 Å². The van der Waals surface area contributed by atoms with Crippen molar-refractivity contribution in [1.82, 2.24) is 9.55 Å². The average molecular weight is 482 g/mol. The van der Waals surface area contributed by atoms with Crippen molar-refractivity contribution in [1.29, 1.82) is 0 Å². The van der Waals surface area contributed by atoms with Crippen molar-refractivity contribution < 1.29 is 13.9 Å². The first kappa shape index (κ1) is 27.0. The number of morpholine rings is 1. The molecule has 0 aromatic carbocycles. The lowest BCUT2D eigenvalue weighted by atomic mass is 10.2. The molecule has 0 aliphatic carbocycles. The van der Waals surface area contributed by atoms with Gasteiger partial charge in [-0.25, -0.2) is 4.98 Å². The van der Waals surface area contributed by atoms with E-state index in [1.54, 1.807) is 10.8 Å². The van der Waals surface area contributed by atoms with Gasteiger partial charge in [-0.05, 0) is 30.3 Å². The Bertz CT molecular complexity index is 820. The van der Waals surface area contributed by atoms with Gasteiger partial charge in [0, 0.05) is 34.0 Å². The van der Waals surface area contributed by atoms with Crippen LogP contribution in [0, 0.1) is 0 Å². The molecule has 1 aromatic heterocycles. The fourth-order valence-corrected chi connectivity index (χ4v) is 4.59. The quantitative estimate of drug-likeness (QED) is 0.364. The SMILES string of the molecule is CC(C)(C)[Si](C)(C)OC/C=C/c1cn(COCC[Si](C)(C)C)c(=O)c(N2CCOCC2)n1. The topological polar surface area (TPSA) is 65.8 Å². The smallest absolute Gasteiger partial charge is 0.295 e. The molecule has 182 valence electrons. The summed E-state index contributed by atoms with van der Waals surface area (Å²) in [6, 6.07) is 1.07. The van der Waals surface area contributed by atoms with Crippen molar-refractivity contribution in [2.45, 2.75) is 71.3 Å². The van der Waals surface area contributed by atoms with Crippen molar-refractivity contribution in [3.8, 4) is 0 Å². The molecule has 1 aliphatic rings. The zero-order valence-electron chi connectivity index (χ0n) is 21.4. The maximum absolute atomic E-state index is 13.1. The number of hydrogen-bond acceptors (Lipinski definition) is 6. The molecule has 0 bridgehead atoms. The summed E-state index contributed by atoms with van der Waals surface area (Å²) >= 11 is 0. The van der Waals surface area contributed by atoms with E-state index in [2.05, 4.69) is 58.5 Å². The van der Waals surface area contributed by atoms with Crippen molar-refractivity contribution in [2.24, 2.45) is 0 Å². The molecule has 1 aliphatic heterocycles. The lowest BCUT2D eigenvalue weighted by Gasteiger charge is -2.35. The van der Waals surface area contributed by atoms with Crippen molar-refractivity contribution in [3.05, 3.63) is 28.3 Å². The molecule has 7 nitrogen and oxygen atoms in total. The van der Waals surface area contributed by atoms with Crippen LogP contribution >= 0.6 is 0 Å². The summed E-state index contributed by atoms with van der Waals surface area (Å²) in [7, 11) is -2.98. The Balaban J connectivity index is 2.17. The molecule has 2 heterocycles. The first-order valence-corrected chi connectivity index (χ1v) is 18.2. The van der Waals surface area contributed by atoms with E-state index in [9.17, 15) is 4.79 Å². The second-order valence-electron chi connectivity index (χ2n) is 11.2. The molecule has 1 saturated heterocycles. The van der Waals surface area contributed by atoms with Gasteiger partial charge in [-0.1, -0.05) is 46.5 Å². The summed E-state index contributed by atoms with van der Waals surface area (Å²) in [5, 5.41) is 0.170. The van der Waals surface area contributed by atoms with Crippen LogP contribution in [-0.2, 0) is 20.6 Å². The fourth-order valence-electron chi connectivity index (χ4n) is 2.89. The summed E-state index contributed by atoms with van der Waals surface area (Å²) in [6.45, 7) is 22.1. The molecular formula is C23H43N3O4Si2. The summed E-state index contributed by atoms with van der Waals surface area (Å²) in [5.74, 6) is 0.467. The molecule has 0 unspecified atom stereocenters. The molecule has 0 spiro atoms. The molecule has 1 fully saturated rings. The molecule has 0 atom stereocenters. The number of hydrogen-bond donors (Lipinski definition) is 0. The maximum atomic E-state index is 13.1. The lowest BCUT2D eigenvalue weighted by molar-refractivity contribution is 0.0843. The van der Waals surface area contributed by atoms with E-state index >= 15 is 0 Å². The van der Waals surface area contributed by atoms with Crippen molar-refractivity contribution in [3.63, 3.8) is 0 Å². The van der Waals surface area contributed by atoms with E-state index in [1.807, 2.05) is 17.1 Å². The van der Waals surface area contributed by atoms with Gasteiger partial charge in [-0.2, -0.15) is 0 Å². The van der Waals surface area contributed by atoms with Crippen LogP contribution in [0.25, 0.3) is 6.08 Å². The van der Waals surface area contributed by atoms with Gasteiger partial charge in [0.1, 0.15) is 6.73 Å². The fraction of sp³-hybridized carbons (Fsp3) is 0.739. The number of nitrogens with zero attached hydrogens (tertiary/aromatic N) is 3. The zero-order valence-corrected chi connectivity index (χ0v) is 23.4. The second kappa shape index (κ2) is 11.2. The van der Waals surface area contributed by atoms with E-state index in [-0.39, 0.29) is 17.3 Å². The summed E-state index contributed by atoms with van der Waals surface area (Å²) < 4.78 is 19.2. The minimum atomic E-state index is -1.80. The normalized spacial score (nSPS) is 16.2. The van der Waals surface area contributed by atoms with Crippen LogP contribution in [0.2, 0.25) is 43.8 Å². The highest BCUT2D eigenvalue weighted by molar-refractivity contribution is 6.76. The average Bonchev–Trinajstić information content (AvgIpc) is 2.69. The molecule has 32 heavy (non-hydrogen) atoms. The number of rotatable bonds is 10. The number of aromatic nitrogens is 2. The minimum absolute atomic E-state index is 0.116. The van der Waals surface area contributed by atoms with Gasteiger partial charge in [0.2, 0.25) is 0 Å². The van der Waals surface area contributed by atoms with E-state index in [0.717, 1.165) is 11.7 Å². The molecule has 9 heteroatoms. The maximum Gasteiger partial charge on any atom is 0.295 e. The van der Waals surface area contributed by atoms with Gasteiger partial charge in [0.25, 0.3) is 5.56 Å². The lowest BCUT2D eigenvalue weighted by Crippen LogP contribution is -2.41. The van der Waals surface area contributed by atoms with E-state index < -0.39 is 16.4 Å². The number of ether oxygens (including phenoxy) is 2. The highest BCUT2D eigenvalue weighted by Crippen LogP contribution is 2.36. The van der Waals surface area contributed by atoms with Crippen LogP contribution < -0.4 is 10.5 Å². The van der Waals surface area contributed by atoms with Crippen LogP contribution in [0.3, 0.4) is 0 Å². The van der Waals surface area contributed by atoms with Crippen LogP contribution in [-0.4, -0.2) is 65.5 Å². The molecule has 2 rings (SSSR count). The molecular weight excluding hydrogens is 438 g/mol. The standard InChI is InChI=1S/C23H43N3O4Si2/c1-23(2,3)32(7,8)30-13-9-10-20-18-26(19-29-16-17-31(4,5)6)22(27)21(24-20)25-11-14-28-15-12-25/h9-10,18H,11-17,19H2,1-8H3/b10-9+. The first-order valence-electron chi connectivity index (χ1n) is 11.6.